The van der Waals surface area contributed by atoms with Crippen molar-refractivity contribution in [1.82, 2.24) is 19.9 Å². The molecule has 1 saturated carbocycles. The first-order valence-corrected chi connectivity index (χ1v) is 6.34. The van der Waals surface area contributed by atoms with Gasteiger partial charge in [0.15, 0.2) is 0 Å². The summed E-state index contributed by atoms with van der Waals surface area (Å²) in [6, 6.07) is 0.416. The van der Waals surface area contributed by atoms with Gasteiger partial charge >= 0.3 is 0 Å². The molecule has 1 aliphatic rings. The van der Waals surface area contributed by atoms with Crippen LogP contribution < -0.4 is 0 Å². The Morgan fingerprint density at radius 2 is 2.28 bits per heavy atom. The fourth-order valence-electron chi connectivity index (χ4n) is 1.91. The average Bonchev–Trinajstić information content (AvgIpc) is 2.97. The number of aliphatic hydroxyl groups is 1. The lowest BCUT2D eigenvalue weighted by molar-refractivity contribution is -0.132. The van der Waals surface area contributed by atoms with E-state index in [1.54, 1.807) is 20.0 Å². The minimum atomic E-state index is -1.03. The van der Waals surface area contributed by atoms with E-state index in [2.05, 4.69) is 10.3 Å². The molecule has 100 valence electrons. The van der Waals surface area contributed by atoms with Crippen LogP contribution >= 0.6 is 0 Å². The quantitative estimate of drug-likeness (QED) is 0.829. The number of rotatable bonds is 5. The summed E-state index contributed by atoms with van der Waals surface area (Å²) >= 11 is 0. The third-order valence-corrected chi connectivity index (χ3v) is 3.11. The Morgan fingerprint density at radius 1 is 1.61 bits per heavy atom. The molecule has 0 bridgehead atoms. The number of amides is 1. The van der Waals surface area contributed by atoms with Crippen LogP contribution in [0.4, 0.5) is 0 Å². The van der Waals surface area contributed by atoms with E-state index in [9.17, 15) is 9.90 Å². The van der Waals surface area contributed by atoms with E-state index < -0.39 is 5.60 Å². The van der Waals surface area contributed by atoms with Gasteiger partial charge in [0.05, 0.1) is 6.20 Å². The highest BCUT2D eigenvalue weighted by molar-refractivity contribution is 5.76. The van der Waals surface area contributed by atoms with Gasteiger partial charge in [-0.05, 0) is 33.6 Å². The molecule has 0 atom stereocenters. The summed E-state index contributed by atoms with van der Waals surface area (Å²) in [4.78, 5) is 13.9. The molecule has 6 heteroatoms. The second-order valence-electron chi connectivity index (χ2n) is 5.27. The van der Waals surface area contributed by atoms with Crippen LogP contribution in [0.25, 0.3) is 0 Å². The van der Waals surface area contributed by atoms with Crippen LogP contribution in [-0.2, 0) is 16.9 Å². The first-order valence-electron chi connectivity index (χ1n) is 6.34. The van der Waals surface area contributed by atoms with Crippen LogP contribution in [0.2, 0.25) is 0 Å². The summed E-state index contributed by atoms with van der Waals surface area (Å²) in [5, 5.41) is 17.5. The van der Waals surface area contributed by atoms with Crippen LogP contribution in [0.15, 0.2) is 6.20 Å². The summed E-state index contributed by atoms with van der Waals surface area (Å²) in [6.45, 7) is 6.20. The highest BCUT2D eigenvalue weighted by atomic mass is 16.3. The van der Waals surface area contributed by atoms with E-state index in [1.807, 2.05) is 11.8 Å². The molecular formula is C12H20N4O2. The fourth-order valence-corrected chi connectivity index (χ4v) is 1.91. The van der Waals surface area contributed by atoms with Gasteiger partial charge in [-0.3, -0.25) is 4.79 Å². The number of aromatic nitrogens is 3. The van der Waals surface area contributed by atoms with E-state index >= 15 is 0 Å². The predicted molar refractivity (Wildman–Crippen MR) is 65.7 cm³/mol. The van der Waals surface area contributed by atoms with Crippen molar-refractivity contribution in [2.24, 2.45) is 0 Å². The van der Waals surface area contributed by atoms with Gasteiger partial charge in [-0.25, -0.2) is 4.68 Å². The summed E-state index contributed by atoms with van der Waals surface area (Å²) < 4.78 is 1.49. The lowest BCUT2D eigenvalue weighted by Gasteiger charge is -2.19. The molecule has 6 nitrogen and oxygen atoms in total. The van der Waals surface area contributed by atoms with E-state index in [4.69, 9.17) is 0 Å². The monoisotopic (exact) mass is 252 g/mol. The Bertz CT molecular complexity index is 432. The molecule has 1 fully saturated rings. The van der Waals surface area contributed by atoms with E-state index in [-0.39, 0.29) is 12.5 Å². The molecule has 1 heterocycles. The number of nitrogens with zero attached hydrogens (tertiary/aromatic N) is 4. The zero-order valence-corrected chi connectivity index (χ0v) is 11.1. The number of carbonyl (C=O) groups excluding carboxylic acids is 1. The Labute approximate surface area is 107 Å². The van der Waals surface area contributed by atoms with Gasteiger partial charge in [0.25, 0.3) is 0 Å². The van der Waals surface area contributed by atoms with Crippen molar-refractivity contribution < 1.29 is 9.90 Å². The molecule has 1 aromatic rings. The lowest BCUT2D eigenvalue weighted by Crippen LogP contribution is -2.35. The zero-order chi connectivity index (χ0) is 13.3. The molecule has 1 aliphatic carbocycles. The smallest absolute Gasteiger partial charge is 0.244 e. The van der Waals surface area contributed by atoms with Crippen molar-refractivity contribution in [2.45, 2.75) is 51.8 Å². The predicted octanol–water partition coefficient (Wildman–Crippen LogP) is 0.516. The van der Waals surface area contributed by atoms with Crippen molar-refractivity contribution in [3.05, 3.63) is 11.9 Å². The highest BCUT2D eigenvalue weighted by Gasteiger charge is 2.31. The number of likely N-dealkylation sites (N-methyl/N-ethyl adjacent to an activating group) is 1. The van der Waals surface area contributed by atoms with Crippen LogP contribution in [0.5, 0.6) is 0 Å². The van der Waals surface area contributed by atoms with E-state index in [0.717, 1.165) is 19.4 Å². The molecule has 1 aromatic heterocycles. The molecule has 1 amide bonds. The Kier molecular flexibility index (Phi) is 3.38. The van der Waals surface area contributed by atoms with Crippen molar-refractivity contribution in [1.29, 1.82) is 0 Å². The summed E-state index contributed by atoms with van der Waals surface area (Å²) in [6.07, 6.45) is 3.83. The number of carbonyl (C=O) groups is 1. The Balaban J connectivity index is 2.00. The van der Waals surface area contributed by atoms with Crippen molar-refractivity contribution in [3.63, 3.8) is 0 Å². The molecule has 0 spiro atoms. The highest BCUT2D eigenvalue weighted by Crippen LogP contribution is 2.26. The number of hydrogen-bond acceptors (Lipinski definition) is 4. The second kappa shape index (κ2) is 4.68. The first-order chi connectivity index (χ1) is 8.41. The fraction of sp³-hybridized carbons (Fsp3) is 0.750. The van der Waals surface area contributed by atoms with Crippen LogP contribution in [0, 0.1) is 0 Å². The Hall–Kier alpha value is -1.43. The molecule has 0 aromatic carbocycles. The van der Waals surface area contributed by atoms with Crippen LogP contribution in [-0.4, -0.2) is 43.5 Å². The molecule has 0 radical (unpaired) electrons. The van der Waals surface area contributed by atoms with Crippen molar-refractivity contribution in [3.8, 4) is 0 Å². The normalized spacial score (nSPS) is 15.8. The second-order valence-corrected chi connectivity index (χ2v) is 5.27. The molecule has 0 aliphatic heterocycles. The molecular weight excluding hydrogens is 232 g/mol. The minimum Gasteiger partial charge on any atom is -0.384 e. The molecule has 0 unspecified atom stereocenters. The van der Waals surface area contributed by atoms with Crippen LogP contribution in [0.1, 0.15) is 39.3 Å². The largest absolute Gasteiger partial charge is 0.384 e. The maximum Gasteiger partial charge on any atom is 0.244 e. The van der Waals surface area contributed by atoms with Crippen LogP contribution in [0.3, 0.4) is 0 Å². The summed E-state index contributed by atoms with van der Waals surface area (Å²) in [5.41, 5.74) is -0.549. The SMILES string of the molecule is CCN(C(=O)Cn1cc(C(C)(C)O)nn1)C1CC1. The van der Waals surface area contributed by atoms with Gasteiger partial charge in [-0.15, -0.1) is 5.10 Å². The number of hydrogen-bond donors (Lipinski definition) is 1. The van der Waals surface area contributed by atoms with Gasteiger partial charge in [-0.2, -0.15) is 0 Å². The maximum absolute atomic E-state index is 12.1. The zero-order valence-electron chi connectivity index (χ0n) is 11.1. The van der Waals surface area contributed by atoms with Gasteiger partial charge in [-0.1, -0.05) is 5.21 Å². The molecule has 18 heavy (non-hydrogen) atoms. The average molecular weight is 252 g/mol. The van der Waals surface area contributed by atoms with Crippen molar-refractivity contribution >= 4 is 5.91 Å². The van der Waals surface area contributed by atoms with E-state index in [1.165, 1.54) is 4.68 Å². The third-order valence-electron chi connectivity index (χ3n) is 3.11. The molecule has 2 rings (SSSR count). The van der Waals surface area contributed by atoms with Crippen molar-refractivity contribution in [2.75, 3.05) is 6.54 Å². The maximum atomic E-state index is 12.1. The topological polar surface area (TPSA) is 71.2 Å². The Morgan fingerprint density at radius 3 is 2.72 bits per heavy atom. The van der Waals surface area contributed by atoms with Gasteiger partial charge in [0, 0.05) is 12.6 Å². The standard InChI is InChI=1S/C12H20N4O2/c1-4-16(9-5-6-9)11(17)8-15-7-10(13-14-15)12(2,3)18/h7,9,18H,4-6,8H2,1-3H3. The van der Waals surface area contributed by atoms with Gasteiger partial charge < -0.3 is 10.0 Å². The van der Waals surface area contributed by atoms with Gasteiger partial charge in [0.2, 0.25) is 5.91 Å². The molecule has 1 N–H and O–H groups in total. The minimum absolute atomic E-state index is 0.0622. The lowest BCUT2D eigenvalue weighted by atomic mass is 10.1. The summed E-state index contributed by atoms with van der Waals surface area (Å²) in [5.74, 6) is 0.0622. The third kappa shape index (κ3) is 2.87. The molecule has 0 saturated heterocycles. The van der Waals surface area contributed by atoms with Gasteiger partial charge in [0.1, 0.15) is 17.8 Å². The summed E-state index contributed by atoms with van der Waals surface area (Å²) in [7, 11) is 0. The first kappa shape index (κ1) is 13.0. The van der Waals surface area contributed by atoms with E-state index in [0.29, 0.717) is 11.7 Å².